The Morgan fingerprint density at radius 3 is 2.12 bits per heavy atom. The normalized spacial score (nSPS) is 12.5. The van der Waals surface area contributed by atoms with Crippen molar-refractivity contribution in [1.29, 1.82) is 0 Å². The molecule has 0 radical (unpaired) electrons. The average Bonchev–Trinajstić information content (AvgIpc) is 1.61. The molecule has 0 fully saturated rings. The van der Waals surface area contributed by atoms with Crippen LogP contribution in [-0.2, 0) is 18.3 Å². The molecule has 0 aliphatic rings. The Kier molecular flexibility index (Phi) is 12.0. The van der Waals surface area contributed by atoms with E-state index in [1.54, 1.807) is 0 Å². The van der Waals surface area contributed by atoms with Crippen LogP contribution in [0.25, 0.3) is 0 Å². The Morgan fingerprint density at radius 2 is 2.00 bits per heavy atom. The van der Waals surface area contributed by atoms with Crippen LogP contribution in [0, 0.1) is 0 Å². The summed E-state index contributed by atoms with van der Waals surface area (Å²) in [5.74, 6) is 0. The van der Waals surface area contributed by atoms with Crippen molar-refractivity contribution in [3.63, 3.8) is 0 Å². The van der Waals surface area contributed by atoms with Gasteiger partial charge in [0.2, 0.25) is 0 Å². The third-order valence-corrected chi connectivity index (χ3v) is 1.91. The van der Waals surface area contributed by atoms with Crippen molar-refractivity contribution in [1.82, 2.24) is 0 Å². The molecule has 0 aliphatic heterocycles. The number of hydrogen-bond donors (Lipinski definition) is 0. The molecule has 0 rings (SSSR count). The van der Waals surface area contributed by atoms with Crippen LogP contribution in [0.15, 0.2) is 0 Å². The second kappa shape index (κ2) is 8.10. The maximum atomic E-state index is 2.33. The van der Waals surface area contributed by atoms with Crippen molar-refractivity contribution < 1.29 is 35.3 Å². The van der Waals surface area contributed by atoms with Crippen LogP contribution in [-0.4, -0.2) is 0 Å². The molecule has 0 amide bonds. The van der Waals surface area contributed by atoms with Gasteiger partial charge in [0.05, 0.1) is 0 Å². The summed E-state index contributed by atoms with van der Waals surface area (Å²) in [6.07, 6.45) is 4.25. The second-order valence-electron chi connectivity index (χ2n) is 2.25. The van der Waals surface area contributed by atoms with Gasteiger partial charge in [0.15, 0.2) is 0 Å². The Balaban J connectivity index is 0. The van der Waals surface area contributed by atoms with Gasteiger partial charge in [-0.15, -0.1) is 0 Å². The maximum absolute atomic E-state index is 2.33. The van der Waals surface area contributed by atoms with Gasteiger partial charge < -0.3 is 17.0 Å². The molecule has 1 atom stereocenters. The summed E-state index contributed by atoms with van der Waals surface area (Å²) in [7, 11) is 0. The molecule has 1 unspecified atom stereocenters. The molecule has 2 heteroatoms. The van der Waals surface area contributed by atoms with Gasteiger partial charge in [0.1, 0.15) is 0 Å². The molecule has 0 aliphatic carbocycles. The number of unbranched alkanes of at least 4 members (excludes halogenated alkanes) is 1. The van der Waals surface area contributed by atoms with Crippen LogP contribution < -0.4 is 17.0 Å². The van der Waals surface area contributed by atoms with Gasteiger partial charge >= 0.3 is 55.9 Å². The zero-order valence-corrected chi connectivity index (χ0v) is 10.3. The molecule has 0 spiro atoms. The summed E-state index contributed by atoms with van der Waals surface area (Å²) in [5.41, 5.74) is 0. The van der Waals surface area contributed by atoms with Crippen LogP contribution in [0.1, 0.15) is 33.1 Å². The van der Waals surface area contributed by atoms with Gasteiger partial charge in [-0.3, -0.25) is 0 Å². The third kappa shape index (κ3) is 10.2. The molecular formula is C6H13BrZn. The molecule has 0 saturated heterocycles. The van der Waals surface area contributed by atoms with Crippen LogP contribution >= 0.6 is 0 Å². The van der Waals surface area contributed by atoms with Gasteiger partial charge in [-0.05, 0) is 0 Å². The van der Waals surface area contributed by atoms with Gasteiger partial charge in [-0.25, -0.2) is 0 Å². The summed E-state index contributed by atoms with van der Waals surface area (Å²) in [4.78, 5) is 0. The largest absolute Gasteiger partial charge is 1.00 e. The Labute approximate surface area is 72.9 Å². The summed E-state index contributed by atoms with van der Waals surface area (Å²) in [6.45, 7) is 4.58. The predicted molar refractivity (Wildman–Crippen MR) is 28.9 cm³/mol. The van der Waals surface area contributed by atoms with Crippen molar-refractivity contribution in [2.24, 2.45) is 0 Å². The standard InChI is InChI=1S/C6H13.BrH.Zn/c1-3-5-6-4-2;;/h3H,4-6H2,1-2H3;1H;/q;;+1/p-1. The van der Waals surface area contributed by atoms with E-state index in [1.165, 1.54) is 37.6 Å². The summed E-state index contributed by atoms with van der Waals surface area (Å²) in [5, 5.41) is 0. The van der Waals surface area contributed by atoms with Crippen molar-refractivity contribution in [2.45, 2.75) is 37.6 Å². The summed E-state index contributed by atoms with van der Waals surface area (Å²) in [6, 6.07) is 0. The molecule has 0 bridgehead atoms. The minimum atomic E-state index is 0. The number of hydrogen-bond acceptors (Lipinski definition) is 0. The van der Waals surface area contributed by atoms with Gasteiger partial charge in [-0.1, -0.05) is 0 Å². The molecule has 46 valence electrons. The Morgan fingerprint density at radius 1 is 1.50 bits per heavy atom. The van der Waals surface area contributed by atoms with E-state index in [0.717, 1.165) is 4.51 Å². The number of rotatable bonds is 3. The first-order valence-electron chi connectivity index (χ1n) is 3.10. The third-order valence-electron chi connectivity index (χ3n) is 1.05. The molecule has 0 aromatic heterocycles. The fraction of sp³-hybridized carbons (Fsp3) is 1.00. The zero-order valence-electron chi connectivity index (χ0n) is 5.78. The summed E-state index contributed by atoms with van der Waals surface area (Å²) >= 11 is 1.47. The van der Waals surface area contributed by atoms with E-state index in [4.69, 9.17) is 0 Å². The van der Waals surface area contributed by atoms with E-state index in [9.17, 15) is 0 Å². The molecule has 0 N–H and O–H groups in total. The molecule has 8 heavy (non-hydrogen) atoms. The van der Waals surface area contributed by atoms with E-state index in [1.807, 2.05) is 0 Å². The van der Waals surface area contributed by atoms with Crippen LogP contribution in [0.5, 0.6) is 0 Å². The molecule has 0 nitrogen and oxygen atoms in total. The van der Waals surface area contributed by atoms with Crippen LogP contribution in [0.3, 0.4) is 0 Å². The number of halogens is 1. The van der Waals surface area contributed by atoms with Gasteiger partial charge in [-0.2, -0.15) is 0 Å². The van der Waals surface area contributed by atoms with E-state index >= 15 is 0 Å². The monoisotopic (exact) mass is 228 g/mol. The topological polar surface area (TPSA) is 0 Å². The van der Waals surface area contributed by atoms with Crippen molar-refractivity contribution in [3.8, 4) is 0 Å². The van der Waals surface area contributed by atoms with Crippen LogP contribution in [0.4, 0.5) is 0 Å². The first-order chi connectivity index (χ1) is 3.27. The quantitative estimate of drug-likeness (QED) is 0.576. The van der Waals surface area contributed by atoms with E-state index < -0.39 is 0 Å². The average molecular weight is 230 g/mol. The second-order valence-corrected chi connectivity index (χ2v) is 5.17. The minimum Gasteiger partial charge on any atom is -1.00 e. The first-order valence-corrected chi connectivity index (χ1v) is 4.81. The van der Waals surface area contributed by atoms with E-state index in [0.29, 0.717) is 0 Å². The fourth-order valence-electron chi connectivity index (χ4n) is 0.553. The summed E-state index contributed by atoms with van der Waals surface area (Å²) < 4.78 is 1.03. The van der Waals surface area contributed by atoms with Gasteiger partial charge in [0, 0.05) is 0 Å². The van der Waals surface area contributed by atoms with Crippen molar-refractivity contribution in [3.05, 3.63) is 0 Å². The minimum absolute atomic E-state index is 0. The predicted octanol–water partition coefficient (Wildman–Crippen LogP) is -0.464. The molecular weight excluding hydrogens is 217 g/mol. The SMILES string of the molecule is CCCC[CH](C)[Zn+].[Br-]. The smallest absolute Gasteiger partial charge is 1.00 e. The van der Waals surface area contributed by atoms with Crippen molar-refractivity contribution in [2.75, 3.05) is 0 Å². The molecule has 0 heterocycles. The Bertz CT molecular complexity index is 37.5. The maximum Gasteiger partial charge on any atom is -1.00 e. The fourth-order valence-corrected chi connectivity index (χ4v) is 1.16. The van der Waals surface area contributed by atoms with E-state index in [2.05, 4.69) is 13.8 Å². The van der Waals surface area contributed by atoms with E-state index in [-0.39, 0.29) is 17.0 Å². The Hall–Kier alpha value is 1.10. The zero-order chi connectivity index (χ0) is 5.70. The molecule has 0 saturated carbocycles. The van der Waals surface area contributed by atoms with Gasteiger partial charge in [0.25, 0.3) is 0 Å². The van der Waals surface area contributed by atoms with Crippen LogP contribution in [0.2, 0.25) is 4.51 Å². The molecule has 0 aromatic carbocycles. The van der Waals surface area contributed by atoms with Crippen molar-refractivity contribution >= 4 is 0 Å². The molecule has 0 aromatic rings. The first kappa shape index (κ1) is 11.8.